The van der Waals surface area contributed by atoms with Gasteiger partial charge in [0.2, 0.25) is 17.5 Å². The number of ether oxygens (including phenoxy) is 4. The average molecular weight is 595 g/mol. The highest BCUT2D eigenvalue weighted by Crippen LogP contribution is 2.37. The molecule has 0 spiro atoms. The molecule has 0 saturated carbocycles. The lowest BCUT2D eigenvalue weighted by Crippen LogP contribution is -2.61. The predicted molar refractivity (Wildman–Crippen MR) is 139 cm³/mol. The molecule has 228 valence electrons. The first-order valence-electron chi connectivity index (χ1n) is 12.9. The second-order valence-corrected chi connectivity index (χ2v) is 10.1. The van der Waals surface area contributed by atoms with Crippen molar-refractivity contribution in [2.75, 3.05) is 6.61 Å². The van der Waals surface area contributed by atoms with Gasteiger partial charge >= 0.3 is 0 Å². The van der Waals surface area contributed by atoms with Crippen LogP contribution in [0, 0.1) is 0 Å². The summed E-state index contributed by atoms with van der Waals surface area (Å²) in [5, 5.41) is 91.4. The third-order valence-corrected chi connectivity index (χ3v) is 7.18. The van der Waals surface area contributed by atoms with Gasteiger partial charge in [0.05, 0.1) is 12.7 Å². The number of phenolic OH excluding ortho intramolecular Hbond substituents is 3. The van der Waals surface area contributed by atoms with Gasteiger partial charge in [-0.1, -0.05) is 0 Å². The molecule has 2 aliphatic heterocycles. The molecule has 15 heteroatoms. The van der Waals surface area contributed by atoms with Crippen LogP contribution in [0.15, 0.2) is 45.6 Å². The second kappa shape index (κ2) is 11.6. The summed E-state index contributed by atoms with van der Waals surface area (Å²) in [5.41, 5.74) is -0.956. The van der Waals surface area contributed by atoms with Gasteiger partial charge in [-0.3, -0.25) is 4.79 Å². The van der Waals surface area contributed by atoms with Crippen molar-refractivity contribution >= 4 is 11.0 Å². The summed E-state index contributed by atoms with van der Waals surface area (Å²) in [5.74, 6) is -1.97. The van der Waals surface area contributed by atoms with Gasteiger partial charge in [-0.2, -0.15) is 0 Å². The number of phenols is 3. The lowest BCUT2D eigenvalue weighted by atomic mass is 9.98. The minimum atomic E-state index is -1.92. The molecule has 0 amide bonds. The fraction of sp³-hybridized carbons (Fsp3) is 0.444. The van der Waals surface area contributed by atoms with Gasteiger partial charge in [0.15, 0.2) is 12.1 Å². The maximum atomic E-state index is 13.5. The van der Waals surface area contributed by atoms with Gasteiger partial charge in [0.1, 0.15) is 70.9 Å². The SMILES string of the molecule is C[C@H]1O[C@H](OC[C@@H]2O[C@H](Oc3c(-c4ccc(O)cc4)oc4cc(O)cc(O)c4c3=O)[C@@H](O)[C@H](O)[C@@H]2O)[C@@H](O)[C@@H](O)[C@@H]1O. The van der Waals surface area contributed by atoms with Gasteiger partial charge in [-0.25, -0.2) is 0 Å². The highest BCUT2D eigenvalue weighted by Gasteiger charge is 2.47. The Morgan fingerprint density at radius 3 is 2.10 bits per heavy atom. The normalized spacial score (nSPS) is 33.5. The zero-order valence-corrected chi connectivity index (χ0v) is 21.9. The van der Waals surface area contributed by atoms with Crippen LogP contribution in [-0.4, -0.2) is 114 Å². The topological polar surface area (TPSA) is 249 Å². The molecule has 3 heterocycles. The number of hydrogen-bond acceptors (Lipinski definition) is 15. The minimum Gasteiger partial charge on any atom is -0.508 e. The summed E-state index contributed by atoms with van der Waals surface area (Å²) in [6.45, 7) is 0.866. The first-order valence-corrected chi connectivity index (χ1v) is 12.9. The van der Waals surface area contributed by atoms with Gasteiger partial charge in [0, 0.05) is 17.7 Å². The van der Waals surface area contributed by atoms with Crippen LogP contribution in [0.2, 0.25) is 0 Å². The summed E-state index contributed by atoms with van der Waals surface area (Å²) >= 11 is 0. The third-order valence-electron chi connectivity index (χ3n) is 7.18. The Morgan fingerprint density at radius 2 is 1.40 bits per heavy atom. The van der Waals surface area contributed by atoms with Crippen LogP contribution in [-0.2, 0) is 14.2 Å². The summed E-state index contributed by atoms with van der Waals surface area (Å²) in [6.07, 6.45) is -15.8. The summed E-state index contributed by atoms with van der Waals surface area (Å²) in [4.78, 5) is 13.5. The molecule has 0 aliphatic carbocycles. The second-order valence-electron chi connectivity index (χ2n) is 10.1. The van der Waals surface area contributed by atoms with Crippen LogP contribution in [0.25, 0.3) is 22.3 Å². The fourth-order valence-corrected chi connectivity index (χ4v) is 4.79. The van der Waals surface area contributed by atoms with Crippen molar-refractivity contribution < 1.29 is 69.3 Å². The lowest BCUT2D eigenvalue weighted by Gasteiger charge is -2.42. The van der Waals surface area contributed by atoms with Crippen LogP contribution in [0.5, 0.6) is 23.0 Å². The molecule has 5 rings (SSSR count). The van der Waals surface area contributed by atoms with Gasteiger partial charge in [0.25, 0.3) is 0 Å². The zero-order valence-electron chi connectivity index (χ0n) is 21.9. The van der Waals surface area contributed by atoms with E-state index in [2.05, 4.69) is 0 Å². The molecule has 2 fully saturated rings. The van der Waals surface area contributed by atoms with Crippen LogP contribution < -0.4 is 10.2 Å². The Labute approximate surface area is 236 Å². The van der Waals surface area contributed by atoms with Crippen molar-refractivity contribution in [1.82, 2.24) is 0 Å². The molecule has 10 atom stereocenters. The van der Waals surface area contributed by atoms with E-state index in [0.29, 0.717) is 0 Å². The molecule has 2 aliphatic rings. The molecule has 2 saturated heterocycles. The molecule has 2 aromatic carbocycles. The maximum Gasteiger partial charge on any atom is 0.239 e. The van der Waals surface area contributed by atoms with E-state index in [-0.39, 0.29) is 28.0 Å². The Balaban J connectivity index is 1.46. The first-order chi connectivity index (χ1) is 19.9. The van der Waals surface area contributed by atoms with E-state index in [9.17, 15) is 50.8 Å². The number of fused-ring (bicyclic) bond motifs is 1. The van der Waals surface area contributed by atoms with E-state index in [0.717, 1.165) is 12.1 Å². The molecule has 0 radical (unpaired) electrons. The van der Waals surface area contributed by atoms with Crippen molar-refractivity contribution in [3.05, 3.63) is 46.6 Å². The minimum absolute atomic E-state index is 0.103. The molecule has 0 unspecified atom stereocenters. The van der Waals surface area contributed by atoms with E-state index in [1.165, 1.54) is 31.2 Å². The average Bonchev–Trinajstić information content (AvgIpc) is 2.95. The van der Waals surface area contributed by atoms with E-state index >= 15 is 0 Å². The van der Waals surface area contributed by atoms with Crippen LogP contribution in [0.3, 0.4) is 0 Å². The molecule has 3 aromatic rings. The Kier molecular flexibility index (Phi) is 8.30. The number of aliphatic hydroxyl groups excluding tert-OH is 6. The third kappa shape index (κ3) is 5.49. The molecule has 1 aromatic heterocycles. The van der Waals surface area contributed by atoms with Gasteiger partial charge < -0.3 is 69.3 Å². The van der Waals surface area contributed by atoms with Crippen LogP contribution in [0.4, 0.5) is 0 Å². The quantitative estimate of drug-likeness (QED) is 0.159. The van der Waals surface area contributed by atoms with E-state index in [1.54, 1.807) is 0 Å². The van der Waals surface area contributed by atoms with Crippen molar-refractivity contribution in [3.8, 4) is 34.3 Å². The number of benzene rings is 2. The van der Waals surface area contributed by atoms with Gasteiger partial charge in [-0.15, -0.1) is 0 Å². The van der Waals surface area contributed by atoms with E-state index in [4.69, 9.17) is 23.4 Å². The Morgan fingerprint density at radius 1 is 0.762 bits per heavy atom. The number of hydrogen-bond donors (Lipinski definition) is 9. The predicted octanol–water partition coefficient (Wildman–Crippen LogP) is -1.39. The summed E-state index contributed by atoms with van der Waals surface area (Å²) in [6, 6.07) is 7.33. The maximum absolute atomic E-state index is 13.5. The summed E-state index contributed by atoms with van der Waals surface area (Å²) < 4.78 is 28.0. The largest absolute Gasteiger partial charge is 0.508 e. The Bertz CT molecular complexity index is 1470. The lowest BCUT2D eigenvalue weighted by molar-refractivity contribution is -0.318. The highest BCUT2D eigenvalue weighted by atomic mass is 16.7. The number of aliphatic hydroxyl groups is 6. The molecule has 42 heavy (non-hydrogen) atoms. The zero-order chi connectivity index (χ0) is 30.5. The van der Waals surface area contributed by atoms with Crippen molar-refractivity contribution in [2.45, 2.75) is 68.3 Å². The summed E-state index contributed by atoms with van der Waals surface area (Å²) in [7, 11) is 0. The first kappa shape index (κ1) is 30.0. The molecule has 9 N–H and O–H groups in total. The van der Waals surface area contributed by atoms with Crippen molar-refractivity contribution in [2.24, 2.45) is 0 Å². The molecule has 15 nitrogen and oxygen atoms in total. The standard InChI is InChI=1S/C27H30O15/c1-9-17(31)20(34)22(36)26(39-9)38-8-15-18(32)21(35)23(37)27(41-15)42-25-19(33)16-13(30)6-12(29)7-14(16)40-24(25)10-2-4-11(28)5-3-10/h2-7,9,15,17-18,20-23,26-32,34-37H,8H2,1H3/t9-,15+,17-,18-,20+,21-,22+,23+,26+,27-/m1/s1. The monoisotopic (exact) mass is 594 g/mol. The fourth-order valence-electron chi connectivity index (χ4n) is 4.79. The molecular formula is C27H30O15. The van der Waals surface area contributed by atoms with Crippen LogP contribution >= 0.6 is 0 Å². The van der Waals surface area contributed by atoms with E-state index < -0.39 is 90.7 Å². The highest BCUT2D eigenvalue weighted by molar-refractivity contribution is 5.88. The smallest absolute Gasteiger partial charge is 0.239 e. The Hall–Kier alpha value is -3.51. The molecule has 0 bridgehead atoms. The van der Waals surface area contributed by atoms with Gasteiger partial charge in [-0.05, 0) is 31.2 Å². The number of rotatable bonds is 6. The van der Waals surface area contributed by atoms with Crippen LogP contribution in [0.1, 0.15) is 6.92 Å². The number of aromatic hydroxyl groups is 3. The van der Waals surface area contributed by atoms with Crippen molar-refractivity contribution in [3.63, 3.8) is 0 Å². The van der Waals surface area contributed by atoms with Crippen molar-refractivity contribution in [1.29, 1.82) is 0 Å². The van der Waals surface area contributed by atoms with E-state index in [1.807, 2.05) is 0 Å². The molecular weight excluding hydrogens is 564 g/mol.